The number of aliphatic imine (C=N–C) groups is 1. The van der Waals surface area contributed by atoms with Crippen LogP contribution in [-0.2, 0) is 0 Å². The number of benzene rings is 2. The Balaban J connectivity index is 1.58. The van der Waals surface area contributed by atoms with E-state index in [9.17, 15) is 23.1 Å². The van der Waals surface area contributed by atoms with Gasteiger partial charge in [-0.3, -0.25) is 9.56 Å². The van der Waals surface area contributed by atoms with Crippen molar-refractivity contribution >= 4 is 28.8 Å². The Morgan fingerprint density at radius 2 is 1.91 bits per heavy atom. The second-order valence-electron chi connectivity index (χ2n) is 10.6. The molecule has 4 rings (SSSR count). The van der Waals surface area contributed by atoms with Gasteiger partial charge in [0.2, 0.25) is 0 Å². The zero-order chi connectivity index (χ0) is 32.7. The third kappa shape index (κ3) is 9.44. The number of nitrogens with one attached hydrogen (secondary N) is 2. The lowest BCUT2D eigenvalue weighted by molar-refractivity contribution is -0.0328. The van der Waals surface area contributed by atoms with Gasteiger partial charge < -0.3 is 32.6 Å². The smallest absolute Gasteiger partial charge is 0.388 e. The fourth-order valence-corrected chi connectivity index (χ4v) is 5.43. The van der Waals surface area contributed by atoms with Gasteiger partial charge in [-0.15, -0.1) is 6.58 Å². The summed E-state index contributed by atoms with van der Waals surface area (Å²) < 4.78 is 41.3. The number of alkyl halides is 3. The van der Waals surface area contributed by atoms with Crippen LogP contribution < -0.4 is 28.2 Å². The molecule has 0 unspecified atom stereocenters. The van der Waals surface area contributed by atoms with E-state index in [2.05, 4.69) is 26.9 Å². The number of thioether (sulfide) groups is 1. The number of fused-ring (bicyclic) bond motifs is 1. The molecule has 2 aromatic heterocycles. The SMILES string of the molecule is C=C[C@H](N)CC[C@@H](O)c1cc(SC(F)(F)F)cc(-c2cc3cn(-c4ccc([C@H](C)NCCCN=C(N)N)cc4)c(=O)nc3[nH]2)c1. The molecule has 4 aromatic rings. The number of aliphatic hydroxyl groups excluding tert-OH is 1. The van der Waals surface area contributed by atoms with Crippen molar-refractivity contribution in [3.63, 3.8) is 0 Å². The first-order chi connectivity index (χ1) is 21.3. The Morgan fingerprint density at radius 3 is 2.58 bits per heavy atom. The lowest BCUT2D eigenvalue weighted by Crippen LogP contribution is -2.24. The van der Waals surface area contributed by atoms with E-state index in [0.29, 0.717) is 40.9 Å². The number of nitrogens with zero attached hydrogens (tertiary/aromatic N) is 3. The van der Waals surface area contributed by atoms with Crippen LogP contribution in [0.1, 0.15) is 49.5 Å². The van der Waals surface area contributed by atoms with E-state index >= 15 is 0 Å². The highest BCUT2D eigenvalue weighted by Crippen LogP contribution is 2.40. The van der Waals surface area contributed by atoms with Gasteiger partial charge in [-0.05, 0) is 97.6 Å². The van der Waals surface area contributed by atoms with Gasteiger partial charge >= 0.3 is 11.2 Å². The van der Waals surface area contributed by atoms with Gasteiger partial charge in [0.15, 0.2) is 5.96 Å². The van der Waals surface area contributed by atoms with Gasteiger partial charge in [0.25, 0.3) is 0 Å². The molecule has 3 atom stereocenters. The Bertz CT molecular complexity index is 1700. The summed E-state index contributed by atoms with van der Waals surface area (Å²) in [5, 5.41) is 14.8. The summed E-state index contributed by atoms with van der Waals surface area (Å²) in [6.45, 7) is 6.90. The number of nitrogens with two attached hydrogens (primary N) is 3. The molecule has 0 bridgehead atoms. The number of hydrogen-bond donors (Lipinski definition) is 6. The van der Waals surface area contributed by atoms with E-state index in [1.165, 1.54) is 16.7 Å². The molecule has 0 radical (unpaired) electrons. The molecule has 0 fully saturated rings. The first kappa shape index (κ1) is 33.8. The summed E-state index contributed by atoms with van der Waals surface area (Å²) in [4.78, 5) is 24.1. The minimum absolute atomic E-state index is 0.0521. The molecular weight excluding hydrogens is 605 g/mol. The predicted molar refractivity (Wildman–Crippen MR) is 173 cm³/mol. The van der Waals surface area contributed by atoms with E-state index in [0.717, 1.165) is 18.5 Å². The molecule has 10 nitrogen and oxygen atoms in total. The number of guanidine groups is 1. The van der Waals surface area contributed by atoms with Crippen LogP contribution in [-0.4, -0.2) is 50.2 Å². The summed E-state index contributed by atoms with van der Waals surface area (Å²) in [6.07, 6.45) is 3.58. The molecule has 0 saturated heterocycles. The Labute approximate surface area is 262 Å². The van der Waals surface area contributed by atoms with Crippen LogP contribution in [0.15, 0.2) is 82.1 Å². The molecule has 0 saturated carbocycles. The molecule has 2 aromatic carbocycles. The molecule has 0 aliphatic heterocycles. The molecule has 9 N–H and O–H groups in total. The van der Waals surface area contributed by atoms with Crippen LogP contribution in [0.3, 0.4) is 0 Å². The van der Waals surface area contributed by atoms with E-state index in [1.807, 2.05) is 31.2 Å². The van der Waals surface area contributed by atoms with Crippen LogP contribution in [0.5, 0.6) is 0 Å². The Kier molecular flexibility index (Phi) is 11.1. The molecule has 0 aliphatic rings. The zero-order valence-electron chi connectivity index (χ0n) is 24.7. The van der Waals surface area contributed by atoms with Crippen molar-refractivity contribution in [2.24, 2.45) is 22.2 Å². The van der Waals surface area contributed by atoms with Gasteiger partial charge in [-0.2, -0.15) is 18.2 Å². The van der Waals surface area contributed by atoms with Crippen molar-refractivity contribution in [1.29, 1.82) is 0 Å². The van der Waals surface area contributed by atoms with Crippen LogP contribution in [0.25, 0.3) is 28.0 Å². The normalized spacial score (nSPS) is 13.8. The molecule has 2 heterocycles. The monoisotopic (exact) mass is 642 g/mol. The van der Waals surface area contributed by atoms with Gasteiger partial charge in [0.05, 0.1) is 11.8 Å². The zero-order valence-corrected chi connectivity index (χ0v) is 25.5. The summed E-state index contributed by atoms with van der Waals surface area (Å²) in [6, 6.07) is 13.2. The van der Waals surface area contributed by atoms with Crippen LogP contribution in [0.2, 0.25) is 0 Å². The third-order valence-corrected chi connectivity index (χ3v) is 7.90. The van der Waals surface area contributed by atoms with Crippen molar-refractivity contribution < 1.29 is 18.3 Å². The molecule has 0 aliphatic carbocycles. The highest BCUT2D eigenvalue weighted by molar-refractivity contribution is 8.00. The molecular formula is C31H37F3N8O2S. The summed E-state index contributed by atoms with van der Waals surface area (Å²) in [5.41, 5.74) is 14.6. The number of H-pyrrole nitrogens is 1. The van der Waals surface area contributed by atoms with E-state index in [4.69, 9.17) is 17.2 Å². The van der Waals surface area contributed by atoms with Crippen LogP contribution in [0, 0.1) is 0 Å². The maximum Gasteiger partial charge on any atom is 0.446 e. The Hall–Kier alpha value is -4.11. The first-order valence-electron chi connectivity index (χ1n) is 14.3. The second-order valence-corrected chi connectivity index (χ2v) is 11.8. The van der Waals surface area contributed by atoms with Gasteiger partial charge in [0.1, 0.15) is 5.65 Å². The lowest BCUT2D eigenvalue weighted by Gasteiger charge is -2.16. The topological polar surface area (TPSA) is 173 Å². The van der Waals surface area contributed by atoms with Gasteiger partial charge in [-0.25, -0.2) is 4.79 Å². The average molecular weight is 643 g/mol. The standard InChI is InChI=1S/C31H37F3N8O2S/c1-3-23(35)7-10-27(43)21-13-20(14-25(15-21)45-31(32,33)34)26-16-22-17-42(30(44)41-28(22)40-26)24-8-5-19(6-9-24)18(2)38-11-4-12-39-29(36)37/h3,5-6,8-9,13-18,23,27,38,43H,1,4,7,10-12,35H2,2H3,(H4,36,37,39)(H,40,41,44)/t18-,23-,27+/m0/s1. The van der Waals surface area contributed by atoms with Crippen molar-refractivity contribution in [2.75, 3.05) is 13.1 Å². The molecule has 45 heavy (non-hydrogen) atoms. The predicted octanol–water partition coefficient (Wildman–Crippen LogP) is 4.63. The number of halogens is 3. The second kappa shape index (κ2) is 14.8. The minimum atomic E-state index is -4.52. The molecule has 240 valence electrons. The highest BCUT2D eigenvalue weighted by atomic mass is 32.2. The summed E-state index contributed by atoms with van der Waals surface area (Å²) >= 11 is -0.265. The summed E-state index contributed by atoms with van der Waals surface area (Å²) in [5.74, 6) is 0.0668. The minimum Gasteiger partial charge on any atom is -0.388 e. The first-order valence-corrected chi connectivity index (χ1v) is 15.1. The van der Waals surface area contributed by atoms with Crippen molar-refractivity contribution in [2.45, 2.75) is 54.8 Å². The van der Waals surface area contributed by atoms with E-state index in [-0.39, 0.29) is 46.8 Å². The average Bonchev–Trinajstić information content (AvgIpc) is 3.40. The van der Waals surface area contributed by atoms with E-state index < -0.39 is 17.3 Å². The maximum atomic E-state index is 13.3. The fourth-order valence-electron chi connectivity index (χ4n) is 4.78. The van der Waals surface area contributed by atoms with Gasteiger partial charge in [0, 0.05) is 40.8 Å². The lowest BCUT2D eigenvalue weighted by atomic mass is 9.99. The van der Waals surface area contributed by atoms with Crippen LogP contribution >= 0.6 is 11.8 Å². The number of rotatable bonds is 14. The van der Waals surface area contributed by atoms with Crippen molar-refractivity contribution in [1.82, 2.24) is 19.9 Å². The van der Waals surface area contributed by atoms with Gasteiger partial charge in [-0.1, -0.05) is 18.2 Å². The number of hydrogen-bond acceptors (Lipinski definition) is 7. The molecule has 0 amide bonds. The van der Waals surface area contributed by atoms with E-state index in [1.54, 1.807) is 24.4 Å². The van der Waals surface area contributed by atoms with Crippen LogP contribution in [0.4, 0.5) is 13.2 Å². The number of aromatic amines is 1. The maximum absolute atomic E-state index is 13.3. The fraction of sp³-hybridized carbons (Fsp3) is 0.323. The number of aliphatic hydroxyl groups is 1. The van der Waals surface area contributed by atoms with Crippen molar-refractivity contribution in [3.8, 4) is 16.9 Å². The largest absolute Gasteiger partial charge is 0.446 e. The number of aromatic nitrogens is 3. The quantitative estimate of drug-likeness (QED) is 0.0380. The highest BCUT2D eigenvalue weighted by Gasteiger charge is 2.30. The summed E-state index contributed by atoms with van der Waals surface area (Å²) in [7, 11) is 0. The Morgan fingerprint density at radius 1 is 1.18 bits per heavy atom. The third-order valence-electron chi connectivity index (χ3n) is 7.19. The molecule has 14 heteroatoms. The van der Waals surface area contributed by atoms with Crippen molar-refractivity contribution in [3.05, 3.63) is 89.0 Å². The molecule has 0 spiro atoms.